The van der Waals surface area contributed by atoms with E-state index in [9.17, 15) is 9.59 Å². The van der Waals surface area contributed by atoms with Crippen LogP contribution in [0.2, 0.25) is 0 Å². The van der Waals surface area contributed by atoms with E-state index < -0.39 is 0 Å². The van der Waals surface area contributed by atoms with Gasteiger partial charge in [0.1, 0.15) is 0 Å². The molecule has 21 heavy (non-hydrogen) atoms. The first kappa shape index (κ1) is 15.0. The summed E-state index contributed by atoms with van der Waals surface area (Å²) >= 11 is 0. The molecule has 0 fully saturated rings. The van der Waals surface area contributed by atoms with Crippen molar-refractivity contribution >= 4 is 28.7 Å². The van der Waals surface area contributed by atoms with Gasteiger partial charge in [0.2, 0.25) is 0 Å². The molecule has 2 aromatic rings. The van der Waals surface area contributed by atoms with Crippen LogP contribution in [-0.2, 0) is 4.79 Å². The molecule has 3 heteroatoms. The summed E-state index contributed by atoms with van der Waals surface area (Å²) in [5, 5.41) is 4.68. The number of carbonyl (C=O) groups is 2. The first-order valence-corrected chi connectivity index (χ1v) is 7.18. The van der Waals surface area contributed by atoms with E-state index in [1.54, 1.807) is 12.1 Å². The molecule has 1 amide bonds. The van der Waals surface area contributed by atoms with Gasteiger partial charge in [-0.1, -0.05) is 44.2 Å². The topological polar surface area (TPSA) is 46.2 Å². The average molecular weight is 281 g/mol. The summed E-state index contributed by atoms with van der Waals surface area (Å²) in [4.78, 5) is 23.4. The summed E-state index contributed by atoms with van der Waals surface area (Å²) < 4.78 is 0. The zero-order valence-corrected chi connectivity index (χ0v) is 12.3. The Bertz CT molecular complexity index is 701. The van der Waals surface area contributed by atoms with Gasteiger partial charge in [0.15, 0.2) is 6.29 Å². The van der Waals surface area contributed by atoms with Crippen LogP contribution in [-0.4, -0.2) is 12.2 Å². The van der Waals surface area contributed by atoms with E-state index in [1.165, 1.54) is 0 Å². The summed E-state index contributed by atoms with van der Waals surface area (Å²) in [7, 11) is 0. The van der Waals surface area contributed by atoms with Crippen molar-refractivity contribution in [2.75, 3.05) is 5.32 Å². The number of aldehydes is 1. The molecule has 0 saturated carbocycles. The fourth-order valence-corrected chi connectivity index (χ4v) is 2.38. The molecule has 0 aromatic heterocycles. The molecule has 0 atom stereocenters. The quantitative estimate of drug-likeness (QED) is 0.654. The number of allylic oxidation sites excluding steroid dienone is 1. The highest BCUT2D eigenvalue weighted by atomic mass is 16.1. The first-order chi connectivity index (χ1) is 10.2. The van der Waals surface area contributed by atoms with Gasteiger partial charge in [-0.25, -0.2) is 0 Å². The van der Waals surface area contributed by atoms with Crippen LogP contribution in [0.25, 0.3) is 10.8 Å². The van der Waals surface area contributed by atoms with E-state index in [4.69, 9.17) is 0 Å². The summed E-state index contributed by atoms with van der Waals surface area (Å²) in [6, 6.07) is 11.1. The molecule has 0 bridgehead atoms. The molecule has 2 aromatic carbocycles. The number of fused-ring (bicyclic) bond motifs is 1. The smallest absolute Gasteiger partial charge is 0.251 e. The average Bonchev–Trinajstić information content (AvgIpc) is 2.52. The van der Waals surface area contributed by atoms with E-state index >= 15 is 0 Å². The number of benzene rings is 2. The van der Waals surface area contributed by atoms with Crippen LogP contribution in [0.4, 0.5) is 5.69 Å². The Morgan fingerprint density at radius 1 is 1.10 bits per heavy atom. The number of rotatable bonds is 5. The third-order valence-electron chi connectivity index (χ3n) is 3.46. The highest BCUT2D eigenvalue weighted by Crippen LogP contribution is 2.26. The van der Waals surface area contributed by atoms with Gasteiger partial charge in [-0.3, -0.25) is 9.59 Å². The summed E-state index contributed by atoms with van der Waals surface area (Å²) in [6.45, 7) is 3.98. The molecule has 0 saturated heterocycles. The van der Waals surface area contributed by atoms with E-state index in [2.05, 4.69) is 5.32 Å². The highest BCUT2D eigenvalue weighted by Gasteiger charge is 2.10. The normalized spacial score (nSPS) is 11.4. The van der Waals surface area contributed by atoms with Crippen molar-refractivity contribution in [3.05, 3.63) is 53.6 Å². The zero-order valence-electron chi connectivity index (χ0n) is 12.3. The maximum Gasteiger partial charge on any atom is 0.251 e. The largest absolute Gasteiger partial charge is 0.322 e. The number of carbonyl (C=O) groups excluding carboxylic acids is 2. The third-order valence-corrected chi connectivity index (χ3v) is 3.46. The molecule has 2 rings (SSSR count). The van der Waals surface area contributed by atoms with Crippen molar-refractivity contribution < 1.29 is 9.59 Å². The van der Waals surface area contributed by atoms with Gasteiger partial charge in [-0.05, 0) is 30.4 Å². The van der Waals surface area contributed by atoms with Crippen molar-refractivity contribution in [2.24, 2.45) is 0 Å². The monoisotopic (exact) mass is 281 g/mol. The van der Waals surface area contributed by atoms with Crippen LogP contribution in [0.3, 0.4) is 0 Å². The van der Waals surface area contributed by atoms with Crippen LogP contribution in [0.5, 0.6) is 0 Å². The van der Waals surface area contributed by atoms with E-state index in [0.29, 0.717) is 12.0 Å². The fourth-order valence-electron chi connectivity index (χ4n) is 2.38. The highest BCUT2D eigenvalue weighted by molar-refractivity contribution is 6.11. The molecule has 108 valence electrons. The fraction of sp³-hybridized carbons (Fsp3) is 0.222. The summed E-state index contributed by atoms with van der Waals surface area (Å²) in [5.74, 6) is -0.0802. The van der Waals surface area contributed by atoms with Gasteiger partial charge in [0.25, 0.3) is 5.91 Å². The molecule has 0 spiro atoms. The van der Waals surface area contributed by atoms with Crippen molar-refractivity contribution in [3.8, 4) is 0 Å². The molecule has 0 heterocycles. The third kappa shape index (κ3) is 3.19. The second kappa shape index (κ2) is 6.84. The van der Waals surface area contributed by atoms with Crippen LogP contribution in [0, 0.1) is 0 Å². The Morgan fingerprint density at radius 3 is 2.43 bits per heavy atom. The van der Waals surface area contributed by atoms with Crippen molar-refractivity contribution in [1.29, 1.82) is 0 Å². The summed E-state index contributed by atoms with van der Waals surface area (Å²) in [6.07, 6.45) is 4.31. The van der Waals surface area contributed by atoms with Crippen molar-refractivity contribution in [3.63, 3.8) is 0 Å². The first-order valence-electron chi connectivity index (χ1n) is 7.18. The van der Waals surface area contributed by atoms with E-state index in [1.807, 2.05) is 44.2 Å². The van der Waals surface area contributed by atoms with Gasteiger partial charge in [-0.2, -0.15) is 0 Å². The van der Waals surface area contributed by atoms with E-state index in [0.717, 1.165) is 34.7 Å². The lowest BCUT2D eigenvalue weighted by Gasteiger charge is -2.11. The Labute approximate surface area is 124 Å². The number of amides is 1. The molecule has 0 aliphatic heterocycles. The maximum absolute atomic E-state index is 12.3. The zero-order chi connectivity index (χ0) is 15.2. The standard InChI is InChI=1S/C18H19NO2/c1-3-7-13(4-2)18(21)19-17-11-10-14(12-20)15-8-5-6-9-16(15)17/h5-12H,3-4H2,1-2H3,(H,19,21). The predicted molar refractivity (Wildman–Crippen MR) is 86.6 cm³/mol. The Hall–Kier alpha value is -2.42. The van der Waals surface area contributed by atoms with Gasteiger partial charge < -0.3 is 5.32 Å². The van der Waals surface area contributed by atoms with Crippen molar-refractivity contribution in [1.82, 2.24) is 0 Å². The molecule has 0 aliphatic carbocycles. The molecule has 1 N–H and O–H groups in total. The minimum atomic E-state index is -0.0802. The molecule has 0 aliphatic rings. The summed E-state index contributed by atoms with van der Waals surface area (Å²) in [5.41, 5.74) is 2.14. The molecule has 0 radical (unpaired) electrons. The number of anilines is 1. The Morgan fingerprint density at radius 2 is 1.81 bits per heavy atom. The van der Waals surface area contributed by atoms with Crippen LogP contribution >= 0.6 is 0 Å². The van der Waals surface area contributed by atoms with Crippen LogP contribution < -0.4 is 5.32 Å². The van der Waals surface area contributed by atoms with E-state index in [-0.39, 0.29) is 5.91 Å². The van der Waals surface area contributed by atoms with Crippen molar-refractivity contribution in [2.45, 2.75) is 26.7 Å². The lowest BCUT2D eigenvalue weighted by Crippen LogP contribution is -2.14. The minimum absolute atomic E-state index is 0.0802. The Balaban J connectivity index is 2.42. The van der Waals surface area contributed by atoms with Gasteiger partial charge >= 0.3 is 0 Å². The van der Waals surface area contributed by atoms with Crippen LogP contribution in [0.1, 0.15) is 37.0 Å². The second-order valence-corrected chi connectivity index (χ2v) is 4.81. The van der Waals surface area contributed by atoms with Gasteiger partial charge in [0.05, 0.1) is 0 Å². The lowest BCUT2D eigenvalue weighted by molar-refractivity contribution is -0.113. The predicted octanol–water partition coefficient (Wildman–Crippen LogP) is 4.34. The maximum atomic E-state index is 12.3. The van der Waals surface area contributed by atoms with Gasteiger partial charge in [0, 0.05) is 22.2 Å². The SMILES string of the molecule is CCC=C(CC)C(=O)Nc1ccc(C=O)c2ccccc12. The molecule has 3 nitrogen and oxygen atoms in total. The van der Waals surface area contributed by atoms with Crippen LogP contribution in [0.15, 0.2) is 48.0 Å². The molecule has 0 unspecified atom stereocenters. The number of hydrogen-bond acceptors (Lipinski definition) is 2. The Kier molecular flexibility index (Phi) is 4.88. The number of hydrogen-bond donors (Lipinski definition) is 1. The lowest BCUT2D eigenvalue weighted by atomic mass is 10.0. The molecular weight excluding hydrogens is 262 g/mol. The number of nitrogens with one attached hydrogen (secondary N) is 1. The second-order valence-electron chi connectivity index (χ2n) is 4.81. The molecular formula is C18H19NO2. The minimum Gasteiger partial charge on any atom is -0.322 e. The van der Waals surface area contributed by atoms with Gasteiger partial charge in [-0.15, -0.1) is 0 Å².